The van der Waals surface area contributed by atoms with Crippen LogP contribution in [0.15, 0.2) is 59.8 Å². The first-order chi connectivity index (χ1) is 14.3. The Kier molecular flexibility index (Phi) is 6.14. The highest BCUT2D eigenvalue weighted by Crippen LogP contribution is 2.37. The molecule has 0 radical (unpaired) electrons. The normalized spacial score (nSPS) is 11.0. The molecule has 10 heteroatoms. The monoisotopic (exact) mass is 448 g/mol. The van der Waals surface area contributed by atoms with Gasteiger partial charge in [0.1, 0.15) is 10.6 Å². The molecule has 8 nitrogen and oxygen atoms in total. The summed E-state index contributed by atoms with van der Waals surface area (Å²) >= 11 is 6.04. The fourth-order valence-electron chi connectivity index (χ4n) is 2.79. The summed E-state index contributed by atoms with van der Waals surface area (Å²) < 4.78 is 39.0. The summed E-state index contributed by atoms with van der Waals surface area (Å²) in [5.41, 5.74) is 1.33. The highest BCUT2D eigenvalue weighted by molar-refractivity contribution is 7.92. The van der Waals surface area contributed by atoms with Gasteiger partial charge in [-0.15, -0.1) is 0 Å². The molecule has 2 N–H and O–H groups in total. The Balaban J connectivity index is 2.11. The molecular weight excluding hydrogens is 432 g/mol. The van der Waals surface area contributed by atoms with Crippen molar-refractivity contribution in [3.8, 4) is 22.6 Å². The molecule has 0 aliphatic rings. The van der Waals surface area contributed by atoms with Gasteiger partial charge in [0.2, 0.25) is 0 Å². The van der Waals surface area contributed by atoms with Crippen molar-refractivity contribution in [1.29, 1.82) is 0 Å². The number of methoxy groups -OCH3 is 2. The van der Waals surface area contributed by atoms with Crippen LogP contribution in [0.25, 0.3) is 11.1 Å². The molecule has 0 aliphatic heterocycles. The molecule has 0 fully saturated rings. The molecule has 1 heterocycles. The van der Waals surface area contributed by atoms with E-state index >= 15 is 0 Å². The largest absolute Gasteiger partial charge is 0.495 e. The molecular formula is C20H17ClN2O6S. The van der Waals surface area contributed by atoms with E-state index in [1.165, 1.54) is 14.2 Å². The minimum absolute atomic E-state index is 0.145. The second-order valence-corrected chi connectivity index (χ2v) is 8.11. The van der Waals surface area contributed by atoms with Crippen molar-refractivity contribution >= 4 is 33.3 Å². The lowest BCUT2D eigenvalue weighted by Crippen LogP contribution is -2.16. The lowest BCUT2D eigenvalue weighted by molar-refractivity contribution is 0.0696. The van der Waals surface area contributed by atoms with Crippen LogP contribution in [0, 0.1) is 0 Å². The van der Waals surface area contributed by atoms with E-state index in [2.05, 4.69) is 9.71 Å². The van der Waals surface area contributed by atoms with Crippen molar-refractivity contribution in [2.75, 3.05) is 18.9 Å². The third-order valence-corrected chi connectivity index (χ3v) is 5.84. The molecule has 0 saturated carbocycles. The number of carboxylic acids is 1. The Bertz CT molecular complexity index is 1200. The Labute approximate surface area is 178 Å². The van der Waals surface area contributed by atoms with Gasteiger partial charge in [-0.25, -0.2) is 13.2 Å². The molecule has 1 aromatic heterocycles. The topological polar surface area (TPSA) is 115 Å². The lowest BCUT2D eigenvalue weighted by Gasteiger charge is -2.16. The highest BCUT2D eigenvalue weighted by atomic mass is 35.5. The molecule has 0 aliphatic carbocycles. The van der Waals surface area contributed by atoms with Crippen LogP contribution in [0.3, 0.4) is 0 Å². The van der Waals surface area contributed by atoms with Crippen molar-refractivity contribution in [1.82, 2.24) is 4.98 Å². The number of rotatable bonds is 7. The molecule has 2 aromatic carbocycles. The smallest absolute Gasteiger partial charge is 0.335 e. The summed E-state index contributed by atoms with van der Waals surface area (Å²) in [6.45, 7) is 0. The number of halogens is 1. The van der Waals surface area contributed by atoms with Crippen molar-refractivity contribution in [2.45, 2.75) is 4.90 Å². The van der Waals surface area contributed by atoms with Crippen molar-refractivity contribution < 1.29 is 27.8 Å². The van der Waals surface area contributed by atoms with E-state index in [1.807, 2.05) is 6.07 Å². The zero-order valence-corrected chi connectivity index (χ0v) is 17.5. The van der Waals surface area contributed by atoms with Crippen LogP contribution in [0.5, 0.6) is 11.5 Å². The lowest BCUT2D eigenvalue weighted by atomic mass is 10.1. The first-order valence-electron chi connectivity index (χ1n) is 8.49. The first kappa shape index (κ1) is 21.4. The van der Waals surface area contributed by atoms with E-state index in [0.717, 1.165) is 17.7 Å². The number of nitrogens with zero attached hydrogens (tertiary/aromatic N) is 1. The van der Waals surface area contributed by atoms with Gasteiger partial charge in [0, 0.05) is 18.0 Å². The van der Waals surface area contributed by atoms with E-state index in [4.69, 9.17) is 21.1 Å². The average Bonchev–Trinajstić information content (AvgIpc) is 2.73. The summed E-state index contributed by atoms with van der Waals surface area (Å²) in [5.74, 6) is -1.23. The van der Waals surface area contributed by atoms with E-state index in [-0.39, 0.29) is 27.8 Å². The molecule has 30 heavy (non-hydrogen) atoms. The Morgan fingerprint density at radius 1 is 1.10 bits per heavy atom. The second-order valence-electron chi connectivity index (χ2n) is 6.06. The maximum atomic E-state index is 13.1. The van der Waals surface area contributed by atoms with Gasteiger partial charge < -0.3 is 14.6 Å². The van der Waals surface area contributed by atoms with Crippen LogP contribution >= 0.6 is 11.6 Å². The molecule has 156 valence electrons. The van der Waals surface area contributed by atoms with Crippen LogP contribution in [0.1, 0.15) is 10.4 Å². The molecule has 3 aromatic rings. The van der Waals surface area contributed by atoms with Crippen LogP contribution in [-0.2, 0) is 10.0 Å². The third kappa shape index (κ3) is 4.32. The standard InChI is InChI=1S/C20H17ClN2O6S/c1-28-17-6-5-12(13-4-3-7-22-11-13)9-16(17)23-30(26,27)18-10-14(20(24)25)8-15(21)19(18)29-2/h3-11,23H,1-2H3,(H,24,25). The number of benzene rings is 2. The minimum atomic E-state index is -4.28. The molecule has 0 amide bonds. The van der Waals surface area contributed by atoms with E-state index in [1.54, 1.807) is 36.7 Å². The summed E-state index contributed by atoms with van der Waals surface area (Å²) in [4.78, 5) is 15.0. The van der Waals surface area contributed by atoms with Gasteiger partial charge in [0.25, 0.3) is 10.0 Å². The summed E-state index contributed by atoms with van der Waals surface area (Å²) in [6, 6.07) is 10.6. The molecule has 0 bridgehead atoms. The van der Waals surface area contributed by atoms with Gasteiger partial charge >= 0.3 is 5.97 Å². The van der Waals surface area contributed by atoms with Crippen molar-refractivity contribution in [3.05, 3.63) is 65.4 Å². The van der Waals surface area contributed by atoms with Gasteiger partial charge in [0.05, 0.1) is 30.5 Å². The number of aromatic carboxylic acids is 1. The van der Waals surface area contributed by atoms with E-state index in [9.17, 15) is 18.3 Å². The van der Waals surface area contributed by atoms with Crippen LogP contribution in [0.4, 0.5) is 5.69 Å². The maximum absolute atomic E-state index is 13.1. The molecule has 3 rings (SSSR count). The van der Waals surface area contributed by atoms with Gasteiger partial charge in [-0.05, 0) is 35.9 Å². The average molecular weight is 449 g/mol. The third-order valence-electron chi connectivity index (χ3n) is 4.19. The number of aromatic nitrogens is 1. The number of nitrogens with one attached hydrogen (secondary N) is 1. The number of carbonyl (C=O) groups is 1. The number of sulfonamides is 1. The number of hydrogen-bond acceptors (Lipinski definition) is 6. The minimum Gasteiger partial charge on any atom is -0.495 e. The Morgan fingerprint density at radius 2 is 1.87 bits per heavy atom. The van der Waals surface area contributed by atoms with Gasteiger partial charge in [-0.2, -0.15) is 0 Å². The van der Waals surface area contributed by atoms with Gasteiger partial charge in [-0.3, -0.25) is 9.71 Å². The van der Waals surface area contributed by atoms with Gasteiger partial charge in [-0.1, -0.05) is 23.7 Å². The Hall–Kier alpha value is -3.30. The summed E-state index contributed by atoms with van der Waals surface area (Å²) in [6.07, 6.45) is 3.27. The summed E-state index contributed by atoms with van der Waals surface area (Å²) in [7, 11) is -1.64. The fraction of sp³-hybridized carbons (Fsp3) is 0.100. The molecule has 0 saturated heterocycles. The number of pyridine rings is 1. The molecule has 0 spiro atoms. The van der Waals surface area contributed by atoms with Crippen LogP contribution in [-0.4, -0.2) is 38.7 Å². The van der Waals surface area contributed by atoms with Crippen molar-refractivity contribution in [3.63, 3.8) is 0 Å². The van der Waals surface area contributed by atoms with Crippen LogP contribution < -0.4 is 14.2 Å². The summed E-state index contributed by atoms with van der Waals surface area (Å²) in [5, 5.41) is 9.11. The zero-order valence-electron chi connectivity index (χ0n) is 15.9. The second kappa shape index (κ2) is 8.60. The maximum Gasteiger partial charge on any atom is 0.335 e. The quantitative estimate of drug-likeness (QED) is 0.562. The fourth-order valence-corrected chi connectivity index (χ4v) is 4.42. The van der Waals surface area contributed by atoms with Crippen LogP contribution in [0.2, 0.25) is 5.02 Å². The van der Waals surface area contributed by atoms with E-state index in [0.29, 0.717) is 5.56 Å². The number of carboxylic acid groups (broad SMARTS) is 1. The SMILES string of the molecule is COc1ccc(-c2cccnc2)cc1NS(=O)(=O)c1cc(C(=O)O)cc(Cl)c1OC. The number of hydrogen-bond donors (Lipinski definition) is 2. The predicted molar refractivity (Wildman–Crippen MR) is 112 cm³/mol. The van der Waals surface area contributed by atoms with Crippen molar-refractivity contribution in [2.24, 2.45) is 0 Å². The first-order valence-corrected chi connectivity index (χ1v) is 10.3. The van der Waals surface area contributed by atoms with Gasteiger partial charge in [0.15, 0.2) is 5.75 Å². The Morgan fingerprint density at radius 3 is 2.47 bits per heavy atom. The predicted octanol–water partition coefficient (Wildman–Crippen LogP) is 3.92. The van der Waals surface area contributed by atoms with E-state index < -0.39 is 20.9 Å². The molecule has 0 atom stereocenters. The zero-order chi connectivity index (χ0) is 21.9. The molecule has 0 unspecified atom stereocenters. The number of ether oxygens (including phenoxy) is 2. The highest BCUT2D eigenvalue weighted by Gasteiger charge is 2.26. The number of anilines is 1.